The quantitative estimate of drug-likeness (QED) is 0.391. The van der Waals surface area contributed by atoms with Gasteiger partial charge in [-0.25, -0.2) is 22.9 Å². The van der Waals surface area contributed by atoms with E-state index in [9.17, 15) is 17.6 Å². The van der Waals surface area contributed by atoms with Crippen molar-refractivity contribution in [3.8, 4) is 6.07 Å². The fraction of sp³-hybridized carbons (Fsp3) is 0.100. The van der Waals surface area contributed by atoms with Crippen molar-refractivity contribution in [2.45, 2.75) is 18.2 Å². The highest BCUT2D eigenvalue weighted by atomic mass is 35.5. The summed E-state index contributed by atoms with van der Waals surface area (Å²) in [7, 11) is -3.93. The van der Waals surface area contributed by atoms with Crippen LogP contribution in [0.15, 0.2) is 47.5 Å². The van der Waals surface area contributed by atoms with Gasteiger partial charge >= 0.3 is 0 Å². The third kappa shape index (κ3) is 6.13. The van der Waals surface area contributed by atoms with Crippen molar-refractivity contribution in [1.82, 2.24) is 9.97 Å². The average Bonchev–Trinajstić information content (AvgIpc) is 2.73. The van der Waals surface area contributed by atoms with E-state index in [-0.39, 0.29) is 33.8 Å². The summed E-state index contributed by atoms with van der Waals surface area (Å²) in [6.45, 7) is 1.60. The number of nitrogens with zero attached hydrogens (tertiary/aromatic N) is 3. The lowest BCUT2D eigenvalue weighted by Crippen LogP contribution is -2.14. The number of carbonyl (C=O) groups is 1. The zero-order valence-corrected chi connectivity index (χ0v) is 18.6. The first-order valence-corrected chi connectivity index (χ1v) is 11.2. The maximum Gasteiger partial charge on any atom is 0.238 e. The number of aryl methyl sites for hydroxylation is 1. The first-order chi connectivity index (χ1) is 15.6. The number of primary sulfonamides is 1. The fourth-order valence-corrected chi connectivity index (χ4v) is 3.76. The molecule has 13 heteroatoms. The Balaban J connectivity index is 1.81. The van der Waals surface area contributed by atoms with Gasteiger partial charge in [0.2, 0.25) is 21.9 Å². The van der Waals surface area contributed by atoms with E-state index in [1.54, 1.807) is 25.1 Å². The second-order valence-corrected chi connectivity index (χ2v) is 8.68. The Morgan fingerprint density at radius 2 is 1.91 bits per heavy atom. The molecule has 5 N–H and O–H groups in total. The Labute approximate surface area is 193 Å². The van der Waals surface area contributed by atoms with Gasteiger partial charge in [-0.1, -0.05) is 17.7 Å². The fourth-order valence-electron chi connectivity index (χ4n) is 2.73. The van der Waals surface area contributed by atoms with Gasteiger partial charge in [-0.3, -0.25) is 4.79 Å². The monoisotopic (exact) mass is 489 g/mol. The van der Waals surface area contributed by atoms with Gasteiger partial charge in [-0.2, -0.15) is 10.2 Å². The van der Waals surface area contributed by atoms with Gasteiger partial charge in [0.25, 0.3) is 0 Å². The lowest BCUT2D eigenvalue weighted by atomic mass is 10.2. The van der Waals surface area contributed by atoms with E-state index in [0.29, 0.717) is 16.9 Å². The van der Waals surface area contributed by atoms with Gasteiger partial charge in [-0.05, 0) is 42.8 Å². The van der Waals surface area contributed by atoms with Crippen LogP contribution in [0.1, 0.15) is 12.0 Å². The molecule has 1 amide bonds. The van der Waals surface area contributed by atoms with Crippen LogP contribution in [0, 0.1) is 24.1 Å². The summed E-state index contributed by atoms with van der Waals surface area (Å²) in [6, 6.07) is 10.7. The smallest absolute Gasteiger partial charge is 0.238 e. The van der Waals surface area contributed by atoms with Crippen LogP contribution in [-0.2, 0) is 14.8 Å². The number of sulfonamides is 1. The summed E-state index contributed by atoms with van der Waals surface area (Å²) in [5.74, 6) is -1.45. The number of anilines is 5. The molecule has 0 unspecified atom stereocenters. The molecule has 0 saturated carbocycles. The molecule has 33 heavy (non-hydrogen) atoms. The number of benzene rings is 2. The van der Waals surface area contributed by atoms with Crippen LogP contribution in [0.25, 0.3) is 0 Å². The highest BCUT2D eigenvalue weighted by Crippen LogP contribution is 2.28. The normalized spacial score (nSPS) is 10.9. The van der Waals surface area contributed by atoms with Crippen LogP contribution >= 0.6 is 11.6 Å². The van der Waals surface area contributed by atoms with Gasteiger partial charge in [0, 0.05) is 11.4 Å². The molecule has 1 aromatic heterocycles. The van der Waals surface area contributed by atoms with E-state index in [2.05, 4.69) is 25.9 Å². The Morgan fingerprint density at radius 3 is 2.58 bits per heavy atom. The zero-order valence-electron chi connectivity index (χ0n) is 17.1. The summed E-state index contributed by atoms with van der Waals surface area (Å²) in [6.07, 6.45) is 0.614. The molecule has 0 radical (unpaired) electrons. The number of hydrogen-bond donors (Lipinski definition) is 4. The SMILES string of the molecule is Cc1ccc(Nc2ncc(F)c(Nc3ccc(NC(=O)CC#N)c(Cl)c3)n2)cc1S(N)(=O)=O. The number of nitriles is 1. The third-order valence-corrected chi connectivity index (χ3v) is 5.61. The lowest BCUT2D eigenvalue weighted by Gasteiger charge is -2.12. The molecule has 3 aromatic rings. The molecular weight excluding hydrogens is 473 g/mol. The molecule has 0 fully saturated rings. The molecule has 10 nitrogen and oxygen atoms in total. The van der Waals surface area contributed by atoms with Gasteiger partial charge in [-0.15, -0.1) is 0 Å². The van der Waals surface area contributed by atoms with Crippen molar-refractivity contribution >= 4 is 56.4 Å². The molecule has 0 aliphatic carbocycles. The minimum atomic E-state index is -3.93. The first-order valence-electron chi connectivity index (χ1n) is 9.23. The maximum absolute atomic E-state index is 14.3. The standard InChI is InChI=1S/C20H17ClFN7O3S/c1-11-2-3-13(9-17(11)33(24,31)32)27-20-25-10-15(22)19(29-20)26-12-4-5-16(14(21)8-12)28-18(30)6-7-23/h2-5,8-10H,6H2,1H3,(H,28,30)(H2,24,31,32)(H2,25,26,27,29). The van der Waals surface area contributed by atoms with E-state index in [1.165, 1.54) is 24.3 Å². The average molecular weight is 490 g/mol. The number of hydrogen-bond acceptors (Lipinski definition) is 8. The minimum absolute atomic E-state index is 0.00499. The van der Waals surface area contributed by atoms with Crippen molar-refractivity contribution in [3.05, 3.63) is 59.0 Å². The third-order valence-electron chi connectivity index (χ3n) is 4.24. The molecule has 1 heterocycles. The van der Waals surface area contributed by atoms with Crippen molar-refractivity contribution in [3.63, 3.8) is 0 Å². The number of carbonyl (C=O) groups excluding carboxylic acids is 1. The molecule has 0 bridgehead atoms. The van der Waals surface area contributed by atoms with Gasteiger partial charge < -0.3 is 16.0 Å². The lowest BCUT2D eigenvalue weighted by molar-refractivity contribution is -0.115. The number of rotatable bonds is 7. The van der Waals surface area contributed by atoms with Gasteiger partial charge in [0.15, 0.2) is 11.6 Å². The van der Waals surface area contributed by atoms with Crippen LogP contribution in [0.3, 0.4) is 0 Å². The highest BCUT2D eigenvalue weighted by molar-refractivity contribution is 7.89. The van der Waals surface area contributed by atoms with E-state index in [1.807, 2.05) is 0 Å². The molecule has 0 aliphatic rings. The van der Waals surface area contributed by atoms with Gasteiger partial charge in [0.1, 0.15) is 6.42 Å². The number of nitrogens with two attached hydrogens (primary N) is 1. The Bertz CT molecular complexity index is 1380. The number of aromatic nitrogens is 2. The molecule has 0 spiro atoms. The summed E-state index contributed by atoms with van der Waals surface area (Å²) < 4.78 is 37.7. The molecule has 2 aromatic carbocycles. The number of nitrogens with one attached hydrogen (secondary N) is 3. The minimum Gasteiger partial charge on any atom is -0.338 e. The number of amides is 1. The molecule has 170 valence electrons. The van der Waals surface area contributed by atoms with Gasteiger partial charge in [0.05, 0.1) is 27.9 Å². The summed E-state index contributed by atoms with van der Waals surface area (Å²) in [4.78, 5) is 19.4. The van der Waals surface area contributed by atoms with Crippen LogP contribution in [0.4, 0.5) is 33.2 Å². The second-order valence-electron chi connectivity index (χ2n) is 6.74. The summed E-state index contributed by atoms with van der Waals surface area (Å²) >= 11 is 6.15. The largest absolute Gasteiger partial charge is 0.338 e. The van der Waals surface area contributed by atoms with Crippen LogP contribution in [0.5, 0.6) is 0 Å². The predicted molar refractivity (Wildman–Crippen MR) is 121 cm³/mol. The maximum atomic E-state index is 14.3. The van der Waals surface area contributed by atoms with E-state index in [0.717, 1.165) is 6.20 Å². The zero-order chi connectivity index (χ0) is 24.2. The van der Waals surface area contributed by atoms with E-state index < -0.39 is 21.7 Å². The number of halogens is 2. The molecule has 3 rings (SSSR count). The van der Waals surface area contributed by atoms with Crippen molar-refractivity contribution in [2.75, 3.05) is 16.0 Å². The van der Waals surface area contributed by atoms with Crippen molar-refractivity contribution in [2.24, 2.45) is 5.14 Å². The highest BCUT2D eigenvalue weighted by Gasteiger charge is 2.14. The van der Waals surface area contributed by atoms with Crippen molar-refractivity contribution < 1.29 is 17.6 Å². The molecule has 0 atom stereocenters. The van der Waals surface area contributed by atoms with Crippen LogP contribution in [0.2, 0.25) is 5.02 Å². The molecular formula is C20H17ClFN7O3S. The first kappa shape index (κ1) is 23.9. The summed E-state index contributed by atoms with van der Waals surface area (Å²) in [5.41, 5.74) is 1.46. The molecule has 0 aliphatic heterocycles. The Hall–Kier alpha value is -3.79. The van der Waals surface area contributed by atoms with Crippen LogP contribution in [-0.4, -0.2) is 24.3 Å². The molecule has 0 saturated heterocycles. The summed E-state index contributed by atoms with van der Waals surface area (Å²) in [5, 5.41) is 22.0. The predicted octanol–water partition coefficient (Wildman–Crippen LogP) is 3.56. The van der Waals surface area contributed by atoms with E-state index in [4.69, 9.17) is 22.0 Å². The van der Waals surface area contributed by atoms with Crippen LogP contribution < -0.4 is 21.1 Å². The topological polar surface area (TPSA) is 163 Å². The van der Waals surface area contributed by atoms with Crippen molar-refractivity contribution in [1.29, 1.82) is 5.26 Å². The Kier molecular flexibility index (Phi) is 7.07. The Morgan fingerprint density at radius 1 is 1.21 bits per heavy atom. The van der Waals surface area contributed by atoms with E-state index >= 15 is 0 Å². The second kappa shape index (κ2) is 9.78.